The topological polar surface area (TPSA) is 46.9 Å². The van der Waals surface area contributed by atoms with Gasteiger partial charge in [-0.05, 0) is 30.5 Å². The van der Waals surface area contributed by atoms with Crippen molar-refractivity contribution >= 4 is 16.9 Å². The van der Waals surface area contributed by atoms with Crippen LogP contribution in [0.15, 0.2) is 48.5 Å². The quantitative estimate of drug-likeness (QED) is 0.738. The van der Waals surface area contributed by atoms with Crippen LogP contribution in [0.2, 0.25) is 0 Å². The molecule has 0 radical (unpaired) electrons. The number of nitrogens with one attached hydrogen (secondary N) is 1. The highest BCUT2D eigenvalue weighted by atomic mass is 16.1. The summed E-state index contributed by atoms with van der Waals surface area (Å²) < 4.78 is 2.19. The molecule has 0 bridgehead atoms. The van der Waals surface area contributed by atoms with Gasteiger partial charge in [-0.3, -0.25) is 4.79 Å². The van der Waals surface area contributed by atoms with Gasteiger partial charge in [0.05, 0.1) is 17.6 Å². The number of hydrogen-bond acceptors (Lipinski definition) is 2. The van der Waals surface area contributed by atoms with Crippen LogP contribution in [0.1, 0.15) is 37.2 Å². The van der Waals surface area contributed by atoms with E-state index >= 15 is 0 Å². The monoisotopic (exact) mass is 335 g/mol. The zero-order valence-electron chi connectivity index (χ0n) is 15.1. The van der Waals surface area contributed by atoms with Gasteiger partial charge in [0.1, 0.15) is 5.82 Å². The summed E-state index contributed by atoms with van der Waals surface area (Å²) in [6.07, 6.45) is 0.540. The van der Waals surface area contributed by atoms with Gasteiger partial charge in [0.2, 0.25) is 5.91 Å². The smallest absolute Gasteiger partial charge is 0.220 e. The van der Waals surface area contributed by atoms with E-state index in [-0.39, 0.29) is 5.91 Å². The molecule has 2 aromatic carbocycles. The Morgan fingerprint density at radius 1 is 1.12 bits per heavy atom. The summed E-state index contributed by atoms with van der Waals surface area (Å²) in [7, 11) is 0. The lowest BCUT2D eigenvalue weighted by Gasteiger charge is -2.11. The molecule has 3 aromatic rings. The Morgan fingerprint density at radius 2 is 1.84 bits per heavy atom. The predicted molar refractivity (Wildman–Crippen MR) is 101 cm³/mol. The summed E-state index contributed by atoms with van der Waals surface area (Å²) in [6.45, 7) is 7.38. The highest BCUT2D eigenvalue weighted by molar-refractivity contribution is 5.77. The Hall–Kier alpha value is -2.62. The van der Waals surface area contributed by atoms with E-state index in [0.29, 0.717) is 18.9 Å². The van der Waals surface area contributed by atoms with Gasteiger partial charge in [-0.1, -0.05) is 55.8 Å². The SMILES string of the molecule is Cc1ccc(Cn2c(CNC(=O)CC(C)C)nc3ccccc32)cc1. The molecule has 0 saturated heterocycles. The maximum absolute atomic E-state index is 12.0. The predicted octanol–water partition coefficient (Wildman–Crippen LogP) is 4.06. The zero-order chi connectivity index (χ0) is 17.8. The summed E-state index contributed by atoms with van der Waals surface area (Å²) in [5.41, 5.74) is 4.53. The number of carbonyl (C=O) groups is 1. The van der Waals surface area contributed by atoms with E-state index in [4.69, 9.17) is 4.98 Å². The van der Waals surface area contributed by atoms with Gasteiger partial charge in [-0.25, -0.2) is 4.98 Å². The average molecular weight is 335 g/mol. The molecule has 4 nitrogen and oxygen atoms in total. The summed E-state index contributed by atoms with van der Waals surface area (Å²) in [6, 6.07) is 16.6. The van der Waals surface area contributed by atoms with Crippen LogP contribution in [0.5, 0.6) is 0 Å². The Morgan fingerprint density at radius 3 is 2.56 bits per heavy atom. The lowest BCUT2D eigenvalue weighted by atomic mass is 10.1. The Balaban J connectivity index is 1.86. The molecule has 0 spiro atoms. The first-order valence-electron chi connectivity index (χ1n) is 8.79. The first kappa shape index (κ1) is 17.2. The van der Waals surface area contributed by atoms with Gasteiger partial charge in [-0.2, -0.15) is 0 Å². The molecule has 0 aliphatic rings. The second-order valence-electron chi connectivity index (χ2n) is 6.96. The van der Waals surface area contributed by atoms with Crippen molar-refractivity contribution in [1.82, 2.24) is 14.9 Å². The molecule has 0 atom stereocenters. The van der Waals surface area contributed by atoms with Crippen molar-refractivity contribution in [3.63, 3.8) is 0 Å². The number of carbonyl (C=O) groups excluding carboxylic acids is 1. The molecule has 0 aliphatic heterocycles. The number of nitrogens with zero attached hydrogens (tertiary/aromatic N) is 2. The van der Waals surface area contributed by atoms with Gasteiger partial charge in [0.25, 0.3) is 0 Å². The largest absolute Gasteiger partial charge is 0.349 e. The highest BCUT2D eigenvalue weighted by Crippen LogP contribution is 2.18. The molecule has 3 rings (SSSR count). The minimum atomic E-state index is 0.0731. The first-order chi connectivity index (χ1) is 12.0. The van der Waals surface area contributed by atoms with Crippen LogP contribution in [0, 0.1) is 12.8 Å². The number of amides is 1. The van der Waals surface area contributed by atoms with E-state index in [1.165, 1.54) is 11.1 Å². The fraction of sp³-hybridized carbons (Fsp3) is 0.333. The van der Waals surface area contributed by atoms with Gasteiger partial charge in [0, 0.05) is 13.0 Å². The Bertz CT molecular complexity index is 862. The molecule has 25 heavy (non-hydrogen) atoms. The maximum atomic E-state index is 12.0. The summed E-state index contributed by atoms with van der Waals surface area (Å²) in [4.78, 5) is 16.7. The van der Waals surface area contributed by atoms with E-state index in [1.807, 2.05) is 32.0 Å². The van der Waals surface area contributed by atoms with Crippen LogP contribution in [-0.2, 0) is 17.9 Å². The normalized spacial score (nSPS) is 11.2. The van der Waals surface area contributed by atoms with E-state index in [2.05, 4.69) is 47.1 Å². The third kappa shape index (κ3) is 4.27. The minimum absolute atomic E-state index is 0.0731. The molecule has 1 heterocycles. The van der Waals surface area contributed by atoms with Crippen LogP contribution in [-0.4, -0.2) is 15.5 Å². The number of fused-ring (bicyclic) bond motifs is 1. The first-order valence-corrected chi connectivity index (χ1v) is 8.79. The lowest BCUT2D eigenvalue weighted by molar-refractivity contribution is -0.122. The van der Waals surface area contributed by atoms with Crippen molar-refractivity contribution in [2.45, 2.75) is 40.3 Å². The van der Waals surface area contributed by atoms with Crippen molar-refractivity contribution in [3.05, 3.63) is 65.5 Å². The molecule has 0 saturated carbocycles. The molecule has 0 aliphatic carbocycles. The van der Waals surface area contributed by atoms with E-state index in [9.17, 15) is 4.79 Å². The molecule has 1 N–H and O–H groups in total. The summed E-state index contributed by atoms with van der Waals surface area (Å²) in [5.74, 6) is 1.31. The number of imidazole rings is 1. The average Bonchev–Trinajstić information content (AvgIpc) is 2.92. The number of para-hydroxylation sites is 2. The number of hydrogen-bond donors (Lipinski definition) is 1. The Kier molecular flexibility index (Phi) is 5.17. The van der Waals surface area contributed by atoms with Crippen molar-refractivity contribution in [3.8, 4) is 0 Å². The standard InChI is InChI=1S/C21H25N3O/c1-15(2)12-21(25)22-13-20-23-18-6-4-5-7-19(18)24(20)14-17-10-8-16(3)9-11-17/h4-11,15H,12-14H2,1-3H3,(H,22,25). The molecule has 1 amide bonds. The molecular formula is C21H25N3O. The van der Waals surface area contributed by atoms with Crippen molar-refractivity contribution in [2.24, 2.45) is 5.92 Å². The molecule has 0 unspecified atom stereocenters. The van der Waals surface area contributed by atoms with E-state index < -0.39 is 0 Å². The Labute approximate surface area is 148 Å². The van der Waals surface area contributed by atoms with Crippen LogP contribution in [0.3, 0.4) is 0 Å². The molecule has 4 heteroatoms. The van der Waals surface area contributed by atoms with E-state index in [1.54, 1.807) is 0 Å². The number of aromatic nitrogens is 2. The number of aryl methyl sites for hydroxylation is 1. The number of benzene rings is 2. The van der Waals surface area contributed by atoms with Crippen molar-refractivity contribution in [2.75, 3.05) is 0 Å². The van der Waals surface area contributed by atoms with Gasteiger partial charge >= 0.3 is 0 Å². The molecule has 1 aromatic heterocycles. The van der Waals surface area contributed by atoms with Crippen LogP contribution in [0.25, 0.3) is 11.0 Å². The fourth-order valence-corrected chi connectivity index (χ4v) is 2.93. The fourth-order valence-electron chi connectivity index (χ4n) is 2.93. The third-order valence-corrected chi connectivity index (χ3v) is 4.23. The second-order valence-corrected chi connectivity index (χ2v) is 6.96. The molecular weight excluding hydrogens is 310 g/mol. The second kappa shape index (κ2) is 7.51. The maximum Gasteiger partial charge on any atom is 0.220 e. The van der Waals surface area contributed by atoms with Crippen molar-refractivity contribution < 1.29 is 4.79 Å². The minimum Gasteiger partial charge on any atom is -0.349 e. The van der Waals surface area contributed by atoms with Gasteiger partial charge in [0.15, 0.2) is 0 Å². The van der Waals surface area contributed by atoms with Crippen LogP contribution in [0.4, 0.5) is 0 Å². The summed E-state index contributed by atoms with van der Waals surface area (Å²) in [5, 5.41) is 3.00. The van der Waals surface area contributed by atoms with Gasteiger partial charge in [-0.15, -0.1) is 0 Å². The zero-order valence-corrected chi connectivity index (χ0v) is 15.1. The lowest BCUT2D eigenvalue weighted by Crippen LogP contribution is -2.25. The molecule has 130 valence electrons. The molecule has 0 fully saturated rings. The van der Waals surface area contributed by atoms with E-state index in [0.717, 1.165) is 23.4 Å². The van der Waals surface area contributed by atoms with Crippen molar-refractivity contribution in [1.29, 1.82) is 0 Å². The van der Waals surface area contributed by atoms with Crippen LogP contribution >= 0.6 is 0 Å². The highest BCUT2D eigenvalue weighted by Gasteiger charge is 2.12. The van der Waals surface area contributed by atoms with Gasteiger partial charge < -0.3 is 9.88 Å². The summed E-state index contributed by atoms with van der Waals surface area (Å²) >= 11 is 0. The van der Waals surface area contributed by atoms with Crippen LogP contribution < -0.4 is 5.32 Å². The number of rotatable bonds is 6. The third-order valence-electron chi connectivity index (χ3n) is 4.23.